The normalized spacial score (nSPS) is 22.0. The molecular formula is C16H19ClFN3O2. The Bertz CT molecular complexity index is 605. The first-order valence-corrected chi connectivity index (χ1v) is 8.18. The van der Waals surface area contributed by atoms with Crippen LogP contribution >= 0.6 is 11.6 Å². The lowest BCUT2D eigenvalue weighted by Crippen LogP contribution is -2.65. The maximum absolute atomic E-state index is 13.7. The molecule has 2 aliphatic heterocycles. The summed E-state index contributed by atoms with van der Waals surface area (Å²) in [4.78, 5) is 27.0. The minimum absolute atomic E-state index is 0.0333. The quantitative estimate of drug-likeness (QED) is 0.834. The number of carbonyl (C=O) groups excluding carboxylic acids is 2. The molecule has 2 saturated heterocycles. The number of nitrogens with zero attached hydrogens (tertiary/aromatic N) is 2. The van der Waals surface area contributed by atoms with Crippen molar-refractivity contribution in [3.05, 3.63) is 34.6 Å². The third kappa shape index (κ3) is 3.48. The molecule has 1 aromatic rings. The van der Waals surface area contributed by atoms with Crippen LogP contribution in [0.3, 0.4) is 0 Å². The molecule has 3 rings (SSSR count). The van der Waals surface area contributed by atoms with Gasteiger partial charge in [-0.2, -0.15) is 0 Å². The third-order valence-electron chi connectivity index (χ3n) is 4.48. The second-order valence-electron chi connectivity index (χ2n) is 5.97. The molecule has 0 aromatic heterocycles. The fraction of sp³-hybridized carbons (Fsp3) is 0.500. The van der Waals surface area contributed by atoms with Crippen LogP contribution in [-0.2, 0) is 16.0 Å². The molecule has 2 aliphatic rings. The van der Waals surface area contributed by atoms with Gasteiger partial charge in [0.05, 0.1) is 6.04 Å². The van der Waals surface area contributed by atoms with Gasteiger partial charge in [0.1, 0.15) is 5.82 Å². The highest BCUT2D eigenvalue weighted by atomic mass is 35.5. The van der Waals surface area contributed by atoms with Crippen LogP contribution in [0.15, 0.2) is 18.2 Å². The van der Waals surface area contributed by atoms with Crippen LogP contribution < -0.4 is 5.32 Å². The fourth-order valence-corrected chi connectivity index (χ4v) is 3.49. The van der Waals surface area contributed by atoms with Crippen LogP contribution in [0.1, 0.15) is 12.0 Å². The number of hydrogen-bond donors (Lipinski definition) is 1. The van der Waals surface area contributed by atoms with Crippen molar-refractivity contribution in [2.75, 3.05) is 32.7 Å². The second-order valence-corrected chi connectivity index (χ2v) is 6.37. The Morgan fingerprint density at radius 1 is 1.30 bits per heavy atom. The largest absolute Gasteiger partial charge is 0.346 e. The average molecular weight is 340 g/mol. The summed E-state index contributed by atoms with van der Waals surface area (Å²) in [6, 6.07) is 4.77. The van der Waals surface area contributed by atoms with E-state index in [1.165, 1.54) is 6.07 Å². The van der Waals surface area contributed by atoms with E-state index >= 15 is 0 Å². The number of fused-ring (bicyclic) bond motifs is 1. The Hall–Kier alpha value is -1.66. The van der Waals surface area contributed by atoms with Crippen molar-refractivity contribution in [3.63, 3.8) is 0 Å². The average Bonchev–Trinajstić information content (AvgIpc) is 2.54. The number of benzene rings is 1. The van der Waals surface area contributed by atoms with Gasteiger partial charge in [-0.25, -0.2) is 4.39 Å². The van der Waals surface area contributed by atoms with Gasteiger partial charge in [0.15, 0.2) is 0 Å². The van der Waals surface area contributed by atoms with Gasteiger partial charge in [0, 0.05) is 36.8 Å². The summed E-state index contributed by atoms with van der Waals surface area (Å²) in [6.45, 7) is 3.35. The Morgan fingerprint density at radius 3 is 2.91 bits per heavy atom. The molecule has 2 fully saturated rings. The Labute approximate surface area is 139 Å². The van der Waals surface area contributed by atoms with Crippen molar-refractivity contribution in [1.82, 2.24) is 15.1 Å². The van der Waals surface area contributed by atoms with Crippen LogP contribution in [-0.4, -0.2) is 60.4 Å². The van der Waals surface area contributed by atoms with E-state index in [2.05, 4.69) is 10.2 Å². The van der Waals surface area contributed by atoms with Crippen molar-refractivity contribution in [1.29, 1.82) is 0 Å². The Kier molecular flexibility index (Phi) is 4.82. The zero-order valence-electron chi connectivity index (χ0n) is 12.7. The number of hydrogen-bond acceptors (Lipinski definition) is 3. The Morgan fingerprint density at radius 2 is 2.13 bits per heavy atom. The lowest BCUT2D eigenvalue weighted by atomic mass is 10.1. The number of piperazine rings is 2. The Balaban J connectivity index is 1.51. The molecule has 2 heterocycles. The fourth-order valence-electron chi connectivity index (χ4n) is 3.23. The molecule has 0 unspecified atom stereocenters. The number of rotatable bonds is 4. The molecule has 1 N–H and O–H groups in total. The molecule has 23 heavy (non-hydrogen) atoms. The van der Waals surface area contributed by atoms with E-state index in [4.69, 9.17) is 11.6 Å². The summed E-state index contributed by atoms with van der Waals surface area (Å²) in [5.74, 6) is -1.20. The van der Waals surface area contributed by atoms with Crippen LogP contribution in [0, 0.1) is 5.82 Å². The number of carbonyl (C=O) groups is 2. The summed E-state index contributed by atoms with van der Waals surface area (Å²) in [5, 5.41) is 3.09. The summed E-state index contributed by atoms with van der Waals surface area (Å²) in [7, 11) is 0. The standard InChI is InChI=1S/C16H19ClFN3O2/c17-13-4-1-5-14(18)12(13)3-2-6-20-7-8-21-11(10-20)9-19-15(22)16(21)23/h1,4-5,11H,2-3,6-10H2,(H,19,22)/t11-/m1/s1. The van der Waals surface area contributed by atoms with E-state index < -0.39 is 11.8 Å². The van der Waals surface area contributed by atoms with E-state index in [1.807, 2.05) is 0 Å². The first kappa shape index (κ1) is 16.2. The molecule has 124 valence electrons. The molecule has 1 atom stereocenters. The zero-order valence-corrected chi connectivity index (χ0v) is 13.5. The number of amides is 2. The highest BCUT2D eigenvalue weighted by Gasteiger charge is 2.37. The topological polar surface area (TPSA) is 52.7 Å². The van der Waals surface area contributed by atoms with Gasteiger partial charge in [-0.1, -0.05) is 17.7 Å². The zero-order chi connectivity index (χ0) is 16.4. The predicted octanol–water partition coefficient (Wildman–Crippen LogP) is 1.05. The number of nitrogens with one attached hydrogen (secondary N) is 1. The molecule has 7 heteroatoms. The minimum atomic E-state index is -0.510. The predicted molar refractivity (Wildman–Crippen MR) is 84.7 cm³/mol. The second kappa shape index (κ2) is 6.84. The molecule has 1 aromatic carbocycles. The van der Waals surface area contributed by atoms with Crippen molar-refractivity contribution in [2.24, 2.45) is 0 Å². The molecular weight excluding hydrogens is 321 g/mol. The van der Waals surface area contributed by atoms with Crippen LogP contribution in [0.4, 0.5) is 4.39 Å². The molecule has 0 saturated carbocycles. The van der Waals surface area contributed by atoms with Crippen molar-refractivity contribution in [3.8, 4) is 0 Å². The molecule has 0 radical (unpaired) electrons. The van der Waals surface area contributed by atoms with Gasteiger partial charge in [0.2, 0.25) is 0 Å². The molecule has 2 amide bonds. The van der Waals surface area contributed by atoms with Gasteiger partial charge in [-0.3, -0.25) is 14.5 Å². The van der Waals surface area contributed by atoms with Gasteiger partial charge < -0.3 is 10.2 Å². The molecule has 0 bridgehead atoms. The summed E-state index contributed by atoms with van der Waals surface area (Å²) >= 11 is 6.03. The summed E-state index contributed by atoms with van der Waals surface area (Å²) in [5.41, 5.74) is 0.563. The van der Waals surface area contributed by atoms with E-state index in [1.54, 1.807) is 17.0 Å². The van der Waals surface area contributed by atoms with Gasteiger partial charge in [-0.05, 0) is 31.5 Å². The van der Waals surface area contributed by atoms with Crippen molar-refractivity contribution >= 4 is 23.4 Å². The monoisotopic (exact) mass is 339 g/mol. The molecule has 0 aliphatic carbocycles. The van der Waals surface area contributed by atoms with Crippen LogP contribution in [0.2, 0.25) is 5.02 Å². The first-order chi connectivity index (χ1) is 11.1. The maximum Gasteiger partial charge on any atom is 0.312 e. The molecule has 5 nitrogen and oxygen atoms in total. The van der Waals surface area contributed by atoms with E-state index in [9.17, 15) is 14.0 Å². The van der Waals surface area contributed by atoms with Crippen LogP contribution in [0.5, 0.6) is 0 Å². The van der Waals surface area contributed by atoms with Gasteiger partial charge in [0.25, 0.3) is 0 Å². The van der Waals surface area contributed by atoms with Crippen molar-refractivity contribution < 1.29 is 14.0 Å². The third-order valence-corrected chi connectivity index (χ3v) is 4.84. The highest BCUT2D eigenvalue weighted by molar-refractivity contribution is 6.35. The van der Waals surface area contributed by atoms with Gasteiger partial charge in [-0.15, -0.1) is 0 Å². The van der Waals surface area contributed by atoms with E-state index in [0.29, 0.717) is 30.1 Å². The SMILES string of the molecule is O=C1NC[C@@H]2CN(CCCc3c(F)cccc3Cl)CCN2C1=O. The summed E-state index contributed by atoms with van der Waals surface area (Å²) < 4.78 is 13.7. The lowest BCUT2D eigenvalue weighted by Gasteiger charge is -2.43. The molecule has 0 spiro atoms. The smallest absolute Gasteiger partial charge is 0.312 e. The van der Waals surface area contributed by atoms with Gasteiger partial charge >= 0.3 is 11.8 Å². The van der Waals surface area contributed by atoms with Crippen molar-refractivity contribution in [2.45, 2.75) is 18.9 Å². The highest BCUT2D eigenvalue weighted by Crippen LogP contribution is 2.21. The summed E-state index contributed by atoms with van der Waals surface area (Å²) in [6.07, 6.45) is 1.39. The van der Waals surface area contributed by atoms with E-state index in [-0.39, 0.29) is 11.9 Å². The number of halogens is 2. The van der Waals surface area contributed by atoms with Crippen LogP contribution in [0.25, 0.3) is 0 Å². The lowest BCUT2D eigenvalue weighted by molar-refractivity contribution is -0.152. The first-order valence-electron chi connectivity index (χ1n) is 7.80. The maximum atomic E-state index is 13.7. The van der Waals surface area contributed by atoms with E-state index in [0.717, 1.165) is 26.1 Å². The minimum Gasteiger partial charge on any atom is -0.346 e.